The Bertz CT molecular complexity index is 291. The fraction of sp³-hybridized carbons (Fsp3) is 0.833. The maximum atomic E-state index is 11.9. The second-order valence-electron chi connectivity index (χ2n) is 5.29. The molecule has 0 aliphatic carbocycles. The van der Waals surface area contributed by atoms with Gasteiger partial charge in [-0.25, -0.2) is 0 Å². The molecule has 0 saturated carbocycles. The number of nitrogens with zero attached hydrogens (tertiary/aromatic N) is 1. The molecule has 0 unspecified atom stereocenters. The number of carboxylic acid groups (broad SMARTS) is 1. The molecule has 0 aromatic rings. The summed E-state index contributed by atoms with van der Waals surface area (Å²) < 4.78 is 0. The zero-order valence-electron chi connectivity index (χ0n) is 10.6. The van der Waals surface area contributed by atoms with Crippen molar-refractivity contribution in [3.05, 3.63) is 0 Å². The maximum Gasteiger partial charge on any atom is 0.313 e. The maximum absolute atomic E-state index is 11.9. The highest BCUT2D eigenvalue weighted by Gasteiger charge is 2.25. The predicted octanol–water partition coefficient (Wildman–Crippen LogP) is 1.84. The summed E-state index contributed by atoms with van der Waals surface area (Å²) in [7, 11) is 0. The summed E-state index contributed by atoms with van der Waals surface area (Å²) in [4.78, 5) is 24.1. The lowest BCUT2D eigenvalue weighted by molar-refractivity contribution is -0.133. The first-order chi connectivity index (χ1) is 7.91. The molecule has 0 radical (unpaired) electrons. The van der Waals surface area contributed by atoms with Crippen LogP contribution in [0, 0.1) is 5.41 Å². The molecule has 0 spiro atoms. The van der Waals surface area contributed by atoms with Crippen molar-refractivity contribution in [2.45, 2.75) is 33.1 Å². The van der Waals surface area contributed by atoms with Gasteiger partial charge in [-0.05, 0) is 24.7 Å². The Labute approximate surface area is 107 Å². The third-order valence-electron chi connectivity index (χ3n) is 3.14. The lowest BCUT2D eigenvalue weighted by atomic mass is 9.85. The first kappa shape index (κ1) is 14.4. The van der Waals surface area contributed by atoms with Crippen molar-refractivity contribution in [3.63, 3.8) is 0 Å². The Morgan fingerprint density at radius 2 is 1.94 bits per heavy atom. The summed E-state index contributed by atoms with van der Waals surface area (Å²) in [6, 6.07) is 0. The highest BCUT2D eigenvalue weighted by Crippen LogP contribution is 2.29. The number of aliphatic carboxylic acids is 1. The monoisotopic (exact) mass is 259 g/mol. The molecule has 5 heteroatoms. The van der Waals surface area contributed by atoms with Crippen LogP contribution in [0.5, 0.6) is 0 Å². The zero-order valence-corrected chi connectivity index (χ0v) is 11.4. The normalized spacial score (nSPS) is 19.8. The number of hydrogen-bond donors (Lipinski definition) is 1. The van der Waals surface area contributed by atoms with Gasteiger partial charge in [0.1, 0.15) is 0 Å². The number of rotatable bonds is 4. The lowest BCUT2D eigenvalue weighted by Crippen LogP contribution is -2.33. The van der Waals surface area contributed by atoms with E-state index in [0.717, 1.165) is 32.4 Å². The van der Waals surface area contributed by atoms with Crippen molar-refractivity contribution in [2.24, 2.45) is 5.41 Å². The molecule has 1 heterocycles. The van der Waals surface area contributed by atoms with Gasteiger partial charge in [-0.2, -0.15) is 0 Å². The van der Waals surface area contributed by atoms with Crippen molar-refractivity contribution in [2.75, 3.05) is 24.6 Å². The van der Waals surface area contributed by atoms with Crippen LogP contribution >= 0.6 is 11.8 Å². The molecule has 0 atom stereocenters. The van der Waals surface area contributed by atoms with Gasteiger partial charge in [-0.3, -0.25) is 9.59 Å². The van der Waals surface area contributed by atoms with Crippen LogP contribution in [0.25, 0.3) is 0 Å². The van der Waals surface area contributed by atoms with E-state index in [2.05, 4.69) is 13.8 Å². The Morgan fingerprint density at radius 3 is 2.59 bits per heavy atom. The summed E-state index contributed by atoms with van der Waals surface area (Å²) in [5, 5.41) is 8.50. The number of carbonyl (C=O) groups is 2. The Kier molecular flexibility index (Phi) is 5.31. The van der Waals surface area contributed by atoms with Gasteiger partial charge in [-0.15, -0.1) is 11.8 Å². The largest absolute Gasteiger partial charge is 0.481 e. The van der Waals surface area contributed by atoms with Crippen molar-refractivity contribution in [1.82, 2.24) is 4.90 Å². The average Bonchev–Trinajstić information content (AvgIpc) is 2.38. The molecule has 17 heavy (non-hydrogen) atoms. The number of carbonyl (C=O) groups excluding carboxylic acids is 1. The van der Waals surface area contributed by atoms with Crippen LogP contribution < -0.4 is 0 Å². The number of hydrogen-bond acceptors (Lipinski definition) is 3. The Hall–Kier alpha value is -0.710. The standard InChI is InChI=1S/C12H21NO3S/c1-12(2)4-3-6-13(7-5-12)10(14)8-17-9-11(15)16/h3-9H2,1-2H3,(H,15,16). The molecule has 1 rings (SSSR count). The first-order valence-electron chi connectivity index (χ1n) is 5.98. The van der Waals surface area contributed by atoms with E-state index >= 15 is 0 Å². The Morgan fingerprint density at radius 1 is 1.24 bits per heavy atom. The van der Waals surface area contributed by atoms with Crippen LogP contribution in [0.3, 0.4) is 0 Å². The van der Waals surface area contributed by atoms with E-state index < -0.39 is 5.97 Å². The van der Waals surface area contributed by atoms with Gasteiger partial charge in [0.25, 0.3) is 0 Å². The molecule has 0 bridgehead atoms. The molecule has 1 aliphatic rings. The average molecular weight is 259 g/mol. The van der Waals surface area contributed by atoms with Crippen molar-refractivity contribution >= 4 is 23.6 Å². The minimum Gasteiger partial charge on any atom is -0.481 e. The molecular formula is C12H21NO3S. The van der Waals surface area contributed by atoms with E-state index in [1.54, 1.807) is 0 Å². The van der Waals surface area contributed by atoms with E-state index in [4.69, 9.17) is 5.11 Å². The Balaban J connectivity index is 2.34. The summed E-state index contributed by atoms with van der Waals surface area (Å²) >= 11 is 1.18. The van der Waals surface area contributed by atoms with E-state index in [1.165, 1.54) is 11.8 Å². The van der Waals surface area contributed by atoms with Gasteiger partial charge in [-0.1, -0.05) is 13.8 Å². The van der Waals surface area contributed by atoms with Crippen LogP contribution in [0.2, 0.25) is 0 Å². The number of amides is 1. The summed E-state index contributed by atoms with van der Waals surface area (Å²) in [5.74, 6) is -0.494. The van der Waals surface area contributed by atoms with E-state index in [1.807, 2.05) is 4.90 Å². The number of likely N-dealkylation sites (tertiary alicyclic amines) is 1. The molecule has 98 valence electrons. The molecule has 1 amide bonds. The van der Waals surface area contributed by atoms with Gasteiger partial charge in [0.05, 0.1) is 11.5 Å². The van der Waals surface area contributed by atoms with E-state index in [9.17, 15) is 9.59 Å². The van der Waals surface area contributed by atoms with Crippen molar-refractivity contribution < 1.29 is 14.7 Å². The molecule has 0 aromatic heterocycles. The quantitative estimate of drug-likeness (QED) is 0.837. The van der Waals surface area contributed by atoms with Gasteiger partial charge in [0.15, 0.2) is 0 Å². The summed E-state index contributed by atoms with van der Waals surface area (Å²) in [6.07, 6.45) is 3.23. The number of carboxylic acids is 1. The molecule has 1 N–H and O–H groups in total. The highest BCUT2D eigenvalue weighted by atomic mass is 32.2. The second-order valence-corrected chi connectivity index (χ2v) is 6.27. The van der Waals surface area contributed by atoms with E-state index in [0.29, 0.717) is 5.41 Å². The van der Waals surface area contributed by atoms with Crippen LogP contribution in [0.4, 0.5) is 0 Å². The second kappa shape index (κ2) is 6.28. The smallest absolute Gasteiger partial charge is 0.313 e. The number of thioether (sulfide) groups is 1. The zero-order chi connectivity index (χ0) is 12.9. The molecular weight excluding hydrogens is 238 g/mol. The first-order valence-corrected chi connectivity index (χ1v) is 7.13. The fourth-order valence-corrected chi connectivity index (χ4v) is 2.62. The van der Waals surface area contributed by atoms with Crippen LogP contribution in [0.15, 0.2) is 0 Å². The molecule has 4 nitrogen and oxygen atoms in total. The van der Waals surface area contributed by atoms with Crippen molar-refractivity contribution in [1.29, 1.82) is 0 Å². The van der Waals surface area contributed by atoms with Gasteiger partial charge in [0.2, 0.25) is 5.91 Å². The van der Waals surface area contributed by atoms with E-state index in [-0.39, 0.29) is 17.4 Å². The topological polar surface area (TPSA) is 57.6 Å². The fourth-order valence-electron chi connectivity index (χ4n) is 1.99. The molecule has 1 aliphatic heterocycles. The summed E-state index contributed by atoms with van der Waals surface area (Å²) in [6.45, 7) is 6.09. The summed E-state index contributed by atoms with van der Waals surface area (Å²) in [5.41, 5.74) is 0.323. The molecule has 0 aromatic carbocycles. The predicted molar refractivity (Wildman–Crippen MR) is 69.2 cm³/mol. The van der Waals surface area contributed by atoms with Crippen LogP contribution in [-0.4, -0.2) is 46.5 Å². The minimum atomic E-state index is -0.861. The van der Waals surface area contributed by atoms with Gasteiger partial charge < -0.3 is 10.0 Å². The minimum absolute atomic E-state index is 0.00503. The van der Waals surface area contributed by atoms with Crippen LogP contribution in [-0.2, 0) is 9.59 Å². The third-order valence-corrected chi connectivity index (χ3v) is 4.05. The third kappa shape index (κ3) is 5.44. The van der Waals surface area contributed by atoms with Crippen molar-refractivity contribution in [3.8, 4) is 0 Å². The molecule has 1 fully saturated rings. The molecule has 1 saturated heterocycles. The lowest BCUT2D eigenvalue weighted by Gasteiger charge is -2.23. The van der Waals surface area contributed by atoms with Crippen LogP contribution in [0.1, 0.15) is 33.1 Å². The van der Waals surface area contributed by atoms with Gasteiger partial charge in [0, 0.05) is 13.1 Å². The van der Waals surface area contributed by atoms with Gasteiger partial charge >= 0.3 is 5.97 Å². The SMILES string of the molecule is CC1(C)CCCN(C(=O)CSCC(=O)O)CC1. The highest BCUT2D eigenvalue weighted by molar-refractivity contribution is 8.00.